The Bertz CT molecular complexity index is 1450. The van der Waals surface area contributed by atoms with Gasteiger partial charge in [-0.25, -0.2) is 8.42 Å². The lowest BCUT2D eigenvalue weighted by Crippen LogP contribution is -2.23. The first-order valence-corrected chi connectivity index (χ1v) is 15.3. The Morgan fingerprint density at radius 3 is 2.50 bits per heavy atom. The third-order valence-corrected chi connectivity index (χ3v) is 8.73. The van der Waals surface area contributed by atoms with Crippen molar-refractivity contribution in [2.24, 2.45) is 5.92 Å². The number of anilines is 1. The van der Waals surface area contributed by atoms with Crippen molar-refractivity contribution in [3.8, 4) is 11.4 Å². The molecule has 3 N–H and O–H groups in total. The molecular weight excluding hydrogens is 526 g/mol. The third-order valence-electron chi connectivity index (χ3n) is 7.34. The third kappa shape index (κ3) is 7.53. The molecule has 10 heteroatoms. The van der Waals surface area contributed by atoms with Gasteiger partial charge in [-0.1, -0.05) is 49.0 Å². The summed E-state index contributed by atoms with van der Waals surface area (Å²) < 4.78 is 33.9. The number of nitrogens with one attached hydrogen (secondary N) is 2. The molecule has 2 aromatic heterocycles. The van der Waals surface area contributed by atoms with E-state index in [0.717, 1.165) is 36.3 Å². The zero-order chi connectivity index (χ0) is 27.8. The number of aromatic nitrogens is 3. The molecule has 1 aliphatic rings. The highest BCUT2D eigenvalue weighted by Crippen LogP contribution is 2.29. The van der Waals surface area contributed by atoms with Crippen LogP contribution in [0.2, 0.25) is 0 Å². The number of pyridine rings is 1. The summed E-state index contributed by atoms with van der Waals surface area (Å²) in [5, 5.41) is 17.5. The summed E-state index contributed by atoms with van der Waals surface area (Å²) in [6.45, 7) is 1.10. The molecule has 0 spiro atoms. The van der Waals surface area contributed by atoms with Gasteiger partial charge in [0, 0.05) is 42.2 Å². The van der Waals surface area contributed by atoms with E-state index in [4.69, 9.17) is 4.52 Å². The molecule has 2 aromatic carbocycles. The van der Waals surface area contributed by atoms with Crippen molar-refractivity contribution in [2.45, 2.75) is 55.9 Å². The van der Waals surface area contributed by atoms with Crippen LogP contribution in [-0.4, -0.2) is 41.7 Å². The Morgan fingerprint density at radius 2 is 1.77 bits per heavy atom. The minimum atomic E-state index is -3.75. The summed E-state index contributed by atoms with van der Waals surface area (Å²) in [4.78, 5) is 8.67. The number of hydrogen-bond acceptors (Lipinski definition) is 8. The number of aliphatic hydroxyl groups is 1. The van der Waals surface area contributed by atoms with Crippen LogP contribution in [0, 0.1) is 5.92 Å². The average Bonchev–Trinajstić information content (AvgIpc) is 3.68. The normalized spacial score (nSPS) is 14.8. The van der Waals surface area contributed by atoms with Gasteiger partial charge in [-0.05, 0) is 73.3 Å². The monoisotopic (exact) mass is 561 g/mol. The van der Waals surface area contributed by atoms with Gasteiger partial charge in [0.2, 0.25) is 11.7 Å². The fraction of sp³-hybridized carbons (Fsp3) is 0.367. The highest BCUT2D eigenvalue weighted by Gasteiger charge is 2.18. The van der Waals surface area contributed by atoms with E-state index in [1.807, 2.05) is 18.2 Å². The van der Waals surface area contributed by atoms with Crippen LogP contribution in [0.25, 0.3) is 11.4 Å². The van der Waals surface area contributed by atoms with Gasteiger partial charge in [0.15, 0.2) is 0 Å². The van der Waals surface area contributed by atoms with Crippen molar-refractivity contribution >= 4 is 15.7 Å². The van der Waals surface area contributed by atoms with Crippen LogP contribution >= 0.6 is 0 Å². The Morgan fingerprint density at radius 1 is 1.00 bits per heavy atom. The summed E-state index contributed by atoms with van der Waals surface area (Å²) >= 11 is 0. The van der Waals surface area contributed by atoms with Gasteiger partial charge in [0.1, 0.15) is 0 Å². The highest BCUT2D eigenvalue weighted by molar-refractivity contribution is 7.92. The SMILES string of the molecule is O=S(=O)(Nc1ccc(CCNCC(O)c2cccnc2)cc1)c1ccc(-c2noc(CCC3CCCC3)n2)cc1. The van der Waals surface area contributed by atoms with E-state index in [2.05, 4.69) is 25.2 Å². The fourth-order valence-corrected chi connectivity index (χ4v) is 6.06. The van der Waals surface area contributed by atoms with E-state index >= 15 is 0 Å². The minimum Gasteiger partial charge on any atom is -0.387 e. The van der Waals surface area contributed by atoms with Crippen molar-refractivity contribution in [1.29, 1.82) is 0 Å². The molecule has 1 aliphatic carbocycles. The van der Waals surface area contributed by atoms with Crippen LogP contribution in [0.4, 0.5) is 5.69 Å². The fourth-order valence-electron chi connectivity index (χ4n) is 5.00. The molecule has 0 radical (unpaired) electrons. The maximum absolute atomic E-state index is 12.9. The first-order valence-electron chi connectivity index (χ1n) is 13.8. The number of nitrogens with zero attached hydrogens (tertiary/aromatic N) is 3. The number of hydrogen-bond donors (Lipinski definition) is 3. The van der Waals surface area contributed by atoms with Gasteiger partial charge in [0.05, 0.1) is 11.0 Å². The lowest BCUT2D eigenvalue weighted by atomic mass is 10.0. The molecule has 1 saturated carbocycles. The van der Waals surface area contributed by atoms with Gasteiger partial charge in [-0.3, -0.25) is 9.71 Å². The second kappa shape index (κ2) is 13.2. The molecule has 9 nitrogen and oxygen atoms in total. The van der Waals surface area contributed by atoms with E-state index < -0.39 is 16.1 Å². The number of aryl methyl sites for hydroxylation is 1. The molecular formula is C30H35N5O4S. The molecule has 2 heterocycles. The average molecular weight is 562 g/mol. The molecule has 0 bridgehead atoms. The highest BCUT2D eigenvalue weighted by atomic mass is 32.2. The predicted molar refractivity (Wildman–Crippen MR) is 153 cm³/mol. The van der Waals surface area contributed by atoms with Crippen LogP contribution in [0.3, 0.4) is 0 Å². The molecule has 40 heavy (non-hydrogen) atoms. The second-order valence-electron chi connectivity index (χ2n) is 10.3. The standard InChI is InChI=1S/C30H35N5O4S/c36-28(25-6-3-18-31-20-25)21-32-19-17-23-7-12-26(13-8-23)35-40(37,38)27-14-10-24(11-15-27)30-33-29(39-34-30)16-9-22-4-1-2-5-22/h3,6-8,10-15,18,20,22,28,32,35-36H,1-2,4-5,9,16-17,19,21H2. The van der Waals surface area contributed by atoms with Crippen LogP contribution < -0.4 is 10.0 Å². The zero-order valence-electron chi connectivity index (χ0n) is 22.4. The molecule has 1 fully saturated rings. The second-order valence-corrected chi connectivity index (χ2v) is 12.0. The van der Waals surface area contributed by atoms with Gasteiger partial charge in [-0.2, -0.15) is 4.98 Å². The Labute approximate surface area is 235 Å². The number of benzene rings is 2. The topological polar surface area (TPSA) is 130 Å². The maximum atomic E-state index is 12.9. The number of rotatable bonds is 13. The van der Waals surface area contributed by atoms with E-state index in [1.165, 1.54) is 25.7 Å². The van der Waals surface area contributed by atoms with Crippen LogP contribution in [0.15, 0.2) is 82.5 Å². The Hall–Kier alpha value is -3.60. The van der Waals surface area contributed by atoms with Crippen LogP contribution in [0.1, 0.15) is 55.2 Å². The molecule has 1 unspecified atom stereocenters. The van der Waals surface area contributed by atoms with Crippen molar-refractivity contribution in [1.82, 2.24) is 20.4 Å². The van der Waals surface area contributed by atoms with Crippen molar-refractivity contribution in [2.75, 3.05) is 17.8 Å². The smallest absolute Gasteiger partial charge is 0.261 e. The van der Waals surface area contributed by atoms with Gasteiger partial charge in [-0.15, -0.1) is 0 Å². The van der Waals surface area contributed by atoms with Crippen molar-refractivity contribution in [3.63, 3.8) is 0 Å². The first kappa shape index (κ1) is 27.9. The molecule has 0 saturated heterocycles. The molecule has 0 amide bonds. The Kier molecular flexibility index (Phi) is 9.20. The molecule has 0 aliphatic heterocycles. The number of aliphatic hydroxyl groups excluding tert-OH is 1. The molecule has 210 valence electrons. The largest absolute Gasteiger partial charge is 0.387 e. The molecule has 4 aromatic rings. The zero-order valence-corrected chi connectivity index (χ0v) is 23.2. The first-order chi connectivity index (χ1) is 19.5. The Balaban J connectivity index is 1.10. The van der Waals surface area contributed by atoms with Crippen molar-refractivity contribution in [3.05, 3.63) is 90.1 Å². The summed E-state index contributed by atoms with van der Waals surface area (Å²) in [6, 6.07) is 17.4. The summed E-state index contributed by atoms with van der Waals surface area (Å²) in [7, 11) is -3.75. The predicted octanol–water partition coefficient (Wildman–Crippen LogP) is 4.92. The molecule has 5 rings (SSSR count). The van der Waals surface area contributed by atoms with Crippen molar-refractivity contribution < 1.29 is 18.0 Å². The van der Waals surface area contributed by atoms with Gasteiger partial charge in [0.25, 0.3) is 10.0 Å². The lowest BCUT2D eigenvalue weighted by molar-refractivity contribution is 0.174. The van der Waals surface area contributed by atoms with Crippen LogP contribution in [0.5, 0.6) is 0 Å². The molecule has 1 atom stereocenters. The van der Waals surface area contributed by atoms with Gasteiger partial charge >= 0.3 is 0 Å². The van der Waals surface area contributed by atoms with E-state index in [-0.39, 0.29) is 4.90 Å². The lowest BCUT2D eigenvalue weighted by Gasteiger charge is -2.12. The van der Waals surface area contributed by atoms with E-state index in [9.17, 15) is 13.5 Å². The summed E-state index contributed by atoms with van der Waals surface area (Å²) in [6.07, 6.45) is 10.5. The van der Waals surface area contributed by atoms with E-state index in [0.29, 0.717) is 36.1 Å². The number of sulfonamides is 1. The minimum absolute atomic E-state index is 0.154. The van der Waals surface area contributed by atoms with Crippen LogP contribution in [-0.2, 0) is 22.9 Å². The quantitative estimate of drug-likeness (QED) is 0.196. The maximum Gasteiger partial charge on any atom is 0.261 e. The summed E-state index contributed by atoms with van der Waals surface area (Å²) in [5.41, 5.74) is 3.02. The summed E-state index contributed by atoms with van der Waals surface area (Å²) in [5.74, 6) is 1.85. The van der Waals surface area contributed by atoms with Gasteiger partial charge < -0.3 is 14.9 Å². The van der Waals surface area contributed by atoms with E-state index in [1.54, 1.807) is 54.9 Å².